The predicted molar refractivity (Wildman–Crippen MR) is 60.9 cm³/mol. The van der Waals surface area contributed by atoms with Gasteiger partial charge in [0.1, 0.15) is 6.17 Å². The third-order valence-electron chi connectivity index (χ3n) is 3.31. The molecule has 1 saturated heterocycles. The molecule has 0 bridgehead atoms. The van der Waals surface area contributed by atoms with E-state index in [1.807, 2.05) is 0 Å². The molecule has 0 amide bonds. The lowest BCUT2D eigenvalue weighted by molar-refractivity contribution is -0.137. The first-order chi connectivity index (χ1) is 8.48. The number of rotatable bonds is 2. The number of nitrogens with one attached hydrogen (secondary N) is 1. The Labute approximate surface area is 103 Å². The van der Waals surface area contributed by atoms with E-state index >= 15 is 0 Å². The Bertz CT molecular complexity index is 379. The van der Waals surface area contributed by atoms with Gasteiger partial charge in [-0.2, -0.15) is 13.2 Å². The van der Waals surface area contributed by atoms with Crippen LogP contribution < -0.4 is 5.32 Å². The van der Waals surface area contributed by atoms with Gasteiger partial charge in [-0.15, -0.1) is 0 Å². The van der Waals surface area contributed by atoms with Gasteiger partial charge in [0.15, 0.2) is 0 Å². The summed E-state index contributed by atoms with van der Waals surface area (Å²) in [6.07, 6.45) is -3.88. The maximum absolute atomic E-state index is 14.1. The van der Waals surface area contributed by atoms with Crippen molar-refractivity contribution in [3.63, 3.8) is 0 Å². The van der Waals surface area contributed by atoms with Crippen LogP contribution in [0, 0.1) is 5.92 Å². The molecule has 1 aromatic rings. The molecule has 1 N–H and O–H groups in total. The summed E-state index contributed by atoms with van der Waals surface area (Å²) in [6.45, 7) is 1.47. The number of alkyl halides is 4. The van der Waals surface area contributed by atoms with Gasteiger partial charge in [-0.1, -0.05) is 12.1 Å². The van der Waals surface area contributed by atoms with Gasteiger partial charge < -0.3 is 5.32 Å². The predicted octanol–water partition coefficient (Wildman–Crippen LogP) is 3.72. The zero-order valence-corrected chi connectivity index (χ0v) is 9.80. The van der Waals surface area contributed by atoms with E-state index in [1.165, 1.54) is 12.1 Å². The molecule has 2 rings (SSSR count). The highest BCUT2D eigenvalue weighted by Crippen LogP contribution is 2.34. The maximum atomic E-state index is 14.1. The normalized spacial score (nSPS) is 22.8. The van der Waals surface area contributed by atoms with Crippen LogP contribution in [0.1, 0.15) is 30.1 Å². The van der Waals surface area contributed by atoms with Gasteiger partial charge in [-0.05, 0) is 37.1 Å². The number of piperidine rings is 1. The topological polar surface area (TPSA) is 12.0 Å². The second-order valence-electron chi connectivity index (χ2n) is 4.63. The summed E-state index contributed by atoms with van der Waals surface area (Å²) < 4.78 is 51.2. The number of hydrogen-bond donors (Lipinski definition) is 1. The Morgan fingerprint density at radius 1 is 1.17 bits per heavy atom. The molecule has 2 atom stereocenters. The molecule has 1 heterocycles. The van der Waals surface area contributed by atoms with Gasteiger partial charge >= 0.3 is 6.18 Å². The van der Waals surface area contributed by atoms with Crippen molar-refractivity contribution in [2.45, 2.75) is 25.2 Å². The average molecular weight is 261 g/mol. The van der Waals surface area contributed by atoms with E-state index in [2.05, 4.69) is 5.32 Å². The Hall–Kier alpha value is -1.10. The van der Waals surface area contributed by atoms with Crippen molar-refractivity contribution in [1.29, 1.82) is 0 Å². The van der Waals surface area contributed by atoms with Crippen molar-refractivity contribution in [2.24, 2.45) is 5.92 Å². The molecule has 0 aliphatic carbocycles. The number of hydrogen-bond acceptors (Lipinski definition) is 1. The van der Waals surface area contributed by atoms with E-state index < -0.39 is 17.9 Å². The van der Waals surface area contributed by atoms with Gasteiger partial charge in [-0.3, -0.25) is 0 Å². The van der Waals surface area contributed by atoms with Crippen molar-refractivity contribution in [3.8, 4) is 0 Å². The molecule has 1 aliphatic rings. The smallest absolute Gasteiger partial charge is 0.316 e. The first kappa shape index (κ1) is 13.3. The Morgan fingerprint density at radius 3 is 2.33 bits per heavy atom. The summed E-state index contributed by atoms with van der Waals surface area (Å²) in [5, 5.41) is 3.10. The van der Waals surface area contributed by atoms with Gasteiger partial charge in [-0.25, -0.2) is 4.39 Å². The van der Waals surface area contributed by atoms with E-state index in [-0.39, 0.29) is 5.92 Å². The quantitative estimate of drug-likeness (QED) is 0.800. The molecule has 1 aromatic carbocycles. The first-order valence-electron chi connectivity index (χ1n) is 6.00. The first-order valence-corrected chi connectivity index (χ1v) is 6.00. The van der Waals surface area contributed by atoms with Crippen LogP contribution in [-0.2, 0) is 6.18 Å². The summed E-state index contributed by atoms with van der Waals surface area (Å²) >= 11 is 0. The van der Waals surface area contributed by atoms with E-state index in [0.717, 1.165) is 31.5 Å². The Kier molecular flexibility index (Phi) is 3.90. The average Bonchev–Trinajstić information content (AvgIpc) is 2.38. The van der Waals surface area contributed by atoms with Crippen LogP contribution in [0.25, 0.3) is 0 Å². The maximum Gasteiger partial charge on any atom is 0.416 e. The second-order valence-corrected chi connectivity index (χ2v) is 4.63. The van der Waals surface area contributed by atoms with Crippen LogP contribution in [0.2, 0.25) is 0 Å². The molecule has 100 valence electrons. The van der Waals surface area contributed by atoms with Crippen molar-refractivity contribution in [1.82, 2.24) is 5.32 Å². The summed E-state index contributed by atoms with van der Waals surface area (Å²) in [5.41, 5.74) is -0.406. The molecule has 5 heteroatoms. The van der Waals surface area contributed by atoms with Crippen molar-refractivity contribution < 1.29 is 17.6 Å². The SMILES string of the molecule is FC(c1ccc(C(F)(F)F)cc1)C1CCCNC1. The summed E-state index contributed by atoms with van der Waals surface area (Å²) in [5.74, 6) is -0.143. The fourth-order valence-corrected chi connectivity index (χ4v) is 2.26. The minimum Gasteiger partial charge on any atom is -0.316 e. The highest BCUT2D eigenvalue weighted by atomic mass is 19.4. The van der Waals surface area contributed by atoms with Gasteiger partial charge in [0.05, 0.1) is 5.56 Å². The molecular weight excluding hydrogens is 246 g/mol. The standard InChI is InChI=1S/C13H15F4N/c14-12(10-2-1-7-18-8-10)9-3-5-11(6-4-9)13(15,16)17/h3-6,10,12,18H,1-2,7-8H2. The third-order valence-corrected chi connectivity index (χ3v) is 3.31. The van der Waals surface area contributed by atoms with Crippen molar-refractivity contribution >= 4 is 0 Å². The second kappa shape index (κ2) is 5.26. The molecule has 0 spiro atoms. The highest BCUT2D eigenvalue weighted by molar-refractivity contribution is 5.26. The third kappa shape index (κ3) is 3.02. The summed E-state index contributed by atoms with van der Waals surface area (Å²) in [7, 11) is 0. The number of halogens is 4. The zero-order valence-electron chi connectivity index (χ0n) is 9.80. The Morgan fingerprint density at radius 2 is 1.83 bits per heavy atom. The molecule has 18 heavy (non-hydrogen) atoms. The minimum atomic E-state index is -4.36. The fourth-order valence-electron chi connectivity index (χ4n) is 2.26. The van der Waals surface area contributed by atoms with Gasteiger partial charge in [0.25, 0.3) is 0 Å². The minimum absolute atomic E-state index is 0.143. The summed E-state index contributed by atoms with van der Waals surface area (Å²) in [4.78, 5) is 0. The van der Waals surface area contributed by atoms with Crippen LogP contribution in [0.3, 0.4) is 0 Å². The van der Waals surface area contributed by atoms with Crippen LogP contribution >= 0.6 is 0 Å². The largest absolute Gasteiger partial charge is 0.416 e. The van der Waals surface area contributed by atoms with E-state index in [0.29, 0.717) is 12.1 Å². The lowest BCUT2D eigenvalue weighted by Gasteiger charge is -2.26. The summed E-state index contributed by atoms with van der Waals surface area (Å²) in [6, 6.07) is 4.36. The molecule has 0 radical (unpaired) electrons. The van der Waals surface area contributed by atoms with Gasteiger partial charge in [0, 0.05) is 12.5 Å². The lowest BCUT2D eigenvalue weighted by atomic mass is 9.90. The molecule has 0 aromatic heterocycles. The lowest BCUT2D eigenvalue weighted by Crippen LogP contribution is -2.32. The van der Waals surface area contributed by atoms with Crippen molar-refractivity contribution in [3.05, 3.63) is 35.4 Å². The molecule has 1 fully saturated rings. The molecule has 1 aliphatic heterocycles. The van der Waals surface area contributed by atoms with Crippen LogP contribution in [0.5, 0.6) is 0 Å². The molecule has 0 saturated carbocycles. The number of benzene rings is 1. The van der Waals surface area contributed by atoms with Gasteiger partial charge in [0.2, 0.25) is 0 Å². The molecule has 1 nitrogen and oxygen atoms in total. The molecule has 2 unspecified atom stereocenters. The highest BCUT2D eigenvalue weighted by Gasteiger charge is 2.31. The van der Waals surface area contributed by atoms with Crippen LogP contribution in [0.15, 0.2) is 24.3 Å². The van der Waals surface area contributed by atoms with Crippen LogP contribution in [0.4, 0.5) is 17.6 Å². The zero-order chi connectivity index (χ0) is 13.2. The molecular formula is C13H15F4N. The van der Waals surface area contributed by atoms with Crippen LogP contribution in [-0.4, -0.2) is 13.1 Å². The van der Waals surface area contributed by atoms with E-state index in [1.54, 1.807) is 0 Å². The Balaban J connectivity index is 2.09. The fraction of sp³-hybridized carbons (Fsp3) is 0.538. The van der Waals surface area contributed by atoms with E-state index in [4.69, 9.17) is 0 Å². The monoisotopic (exact) mass is 261 g/mol. The van der Waals surface area contributed by atoms with Crippen molar-refractivity contribution in [2.75, 3.05) is 13.1 Å². The van der Waals surface area contributed by atoms with E-state index in [9.17, 15) is 17.6 Å².